The highest BCUT2D eigenvalue weighted by atomic mass is 15.2. The van der Waals surface area contributed by atoms with Gasteiger partial charge < -0.3 is 10.2 Å². The molecule has 1 unspecified atom stereocenters. The van der Waals surface area contributed by atoms with Gasteiger partial charge in [-0.05, 0) is 50.2 Å². The molecule has 1 atom stereocenters. The second-order valence-electron chi connectivity index (χ2n) is 6.29. The predicted molar refractivity (Wildman–Crippen MR) is 76.3 cm³/mol. The number of piperidine rings is 1. The fourth-order valence-corrected chi connectivity index (χ4v) is 2.85. The molecule has 1 fully saturated rings. The van der Waals surface area contributed by atoms with Crippen molar-refractivity contribution in [2.45, 2.75) is 53.5 Å². The first kappa shape index (κ1) is 15.0. The summed E-state index contributed by atoms with van der Waals surface area (Å²) in [6, 6.07) is 0.663. The van der Waals surface area contributed by atoms with Crippen LogP contribution in [0.4, 0.5) is 0 Å². The highest BCUT2D eigenvalue weighted by Gasteiger charge is 2.23. The highest BCUT2D eigenvalue weighted by Crippen LogP contribution is 2.24. The number of hydrogen-bond donors (Lipinski definition) is 1. The quantitative estimate of drug-likeness (QED) is 0.768. The third kappa shape index (κ3) is 4.97. The molecule has 0 aromatic heterocycles. The Morgan fingerprint density at radius 1 is 1.12 bits per heavy atom. The van der Waals surface area contributed by atoms with E-state index in [1.807, 2.05) is 0 Å². The van der Waals surface area contributed by atoms with Crippen LogP contribution in [0.3, 0.4) is 0 Å². The van der Waals surface area contributed by atoms with Gasteiger partial charge in [0.05, 0.1) is 0 Å². The van der Waals surface area contributed by atoms with Crippen molar-refractivity contribution < 1.29 is 0 Å². The Hall–Kier alpha value is -0.0800. The number of rotatable bonds is 6. The molecule has 0 aliphatic carbocycles. The molecule has 0 aromatic carbocycles. The van der Waals surface area contributed by atoms with E-state index in [-0.39, 0.29) is 0 Å². The Morgan fingerprint density at radius 2 is 1.71 bits per heavy atom. The topological polar surface area (TPSA) is 15.3 Å². The first-order valence-electron chi connectivity index (χ1n) is 7.50. The van der Waals surface area contributed by atoms with Gasteiger partial charge in [-0.3, -0.25) is 0 Å². The van der Waals surface area contributed by atoms with E-state index >= 15 is 0 Å². The molecule has 2 nitrogen and oxygen atoms in total. The smallest absolute Gasteiger partial charge is 0.0217 e. The summed E-state index contributed by atoms with van der Waals surface area (Å²) in [4.78, 5) is 2.66. The Balaban J connectivity index is 2.33. The predicted octanol–water partition coefficient (Wildman–Crippen LogP) is 2.99. The minimum absolute atomic E-state index is 0.663. The summed E-state index contributed by atoms with van der Waals surface area (Å²) in [7, 11) is 0. The summed E-state index contributed by atoms with van der Waals surface area (Å²) >= 11 is 0. The average molecular weight is 240 g/mol. The zero-order valence-corrected chi connectivity index (χ0v) is 12.5. The lowest BCUT2D eigenvalue weighted by Crippen LogP contribution is -2.47. The molecule has 1 N–H and O–H groups in total. The second kappa shape index (κ2) is 7.38. The third-order valence-corrected chi connectivity index (χ3v) is 4.30. The Bertz CT molecular complexity index is 193. The number of hydrogen-bond acceptors (Lipinski definition) is 2. The molecule has 0 bridgehead atoms. The lowest BCUT2D eigenvalue weighted by molar-refractivity contribution is 0.137. The molecule has 0 spiro atoms. The maximum Gasteiger partial charge on any atom is 0.0217 e. The molecule has 17 heavy (non-hydrogen) atoms. The van der Waals surface area contributed by atoms with Crippen LogP contribution in [0.5, 0.6) is 0 Å². The van der Waals surface area contributed by atoms with Crippen LogP contribution in [-0.2, 0) is 0 Å². The van der Waals surface area contributed by atoms with E-state index in [2.05, 4.69) is 44.8 Å². The molecule has 0 amide bonds. The van der Waals surface area contributed by atoms with Crippen molar-refractivity contribution in [2.75, 3.05) is 26.2 Å². The zero-order valence-electron chi connectivity index (χ0n) is 12.5. The van der Waals surface area contributed by atoms with Gasteiger partial charge in [-0.1, -0.05) is 34.6 Å². The number of likely N-dealkylation sites (N-methyl/N-ethyl adjacent to an activating group) is 1. The van der Waals surface area contributed by atoms with Gasteiger partial charge in [0, 0.05) is 12.6 Å². The van der Waals surface area contributed by atoms with Crippen molar-refractivity contribution in [3.63, 3.8) is 0 Å². The van der Waals surface area contributed by atoms with Gasteiger partial charge in [0.25, 0.3) is 0 Å². The molecule has 0 saturated carbocycles. The molecule has 1 saturated heterocycles. The van der Waals surface area contributed by atoms with Crippen LogP contribution in [0, 0.1) is 17.8 Å². The van der Waals surface area contributed by atoms with Gasteiger partial charge in [0.2, 0.25) is 0 Å². The first-order chi connectivity index (χ1) is 8.04. The van der Waals surface area contributed by atoms with E-state index in [4.69, 9.17) is 0 Å². The first-order valence-corrected chi connectivity index (χ1v) is 7.50. The lowest BCUT2D eigenvalue weighted by atomic mass is 9.86. The van der Waals surface area contributed by atoms with Gasteiger partial charge in [-0.25, -0.2) is 0 Å². The normalized spacial score (nSPS) is 21.4. The minimum Gasteiger partial charge on any atom is -0.313 e. The number of likely N-dealkylation sites (tertiary alicyclic amines) is 1. The van der Waals surface area contributed by atoms with Crippen molar-refractivity contribution in [1.29, 1.82) is 0 Å². The van der Waals surface area contributed by atoms with Crippen LogP contribution >= 0.6 is 0 Å². The largest absolute Gasteiger partial charge is 0.313 e. The Kier molecular flexibility index (Phi) is 6.50. The molecular formula is C15H32N2. The standard InChI is InChI=1S/C15H32N2/c1-6-16-15(13(4)5)11-17-9-7-14(8-10-17)12(2)3/h12-16H,6-11H2,1-5H3. The highest BCUT2D eigenvalue weighted by molar-refractivity contribution is 4.79. The molecule has 1 heterocycles. The molecule has 0 radical (unpaired) electrons. The van der Waals surface area contributed by atoms with E-state index < -0.39 is 0 Å². The van der Waals surface area contributed by atoms with Crippen molar-refractivity contribution in [2.24, 2.45) is 17.8 Å². The molecule has 102 valence electrons. The summed E-state index contributed by atoms with van der Waals surface area (Å²) in [5, 5.41) is 3.62. The van der Waals surface area contributed by atoms with Gasteiger partial charge in [-0.2, -0.15) is 0 Å². The van der Waals surface area contributed by atoms with E-state index in [0.717, 1.165) is 24.3 Å². The molecular weight excluding hydrogens is 208 g/mol. The van der Waals surface area contributed by atoms with E-state index in [1.165, 1.54) is 32.5 Å². The van der Waals surface area contributed by atoms with E-state index in [9.17, 15) is 0 Å². The fourth-order valence-electron chi connectivity index (χ4n) is 2.85. The van der Waals surface area contributed by atoms with Crippen LogP contribution in [-0.4, -0.2) is 37.1 Å². The third-order valence-electron chi connectivity index (χ3n) is 4.30. The molecule has 1 rings (SSSR count). The van der Waals surface area contributed by atoms with Crippen LogP contribution in [0.2, 0.25) is 0 Å². The van der Waals surface area contributed by atoms with Crippen molar-refractivity contribution in [3.05, 3.63) is 0 Å². The molecule has 2 heteroatoms. The SMILES string of the molecule is CCNC(CN1CCC(C(C)C)CC1)C(C)C. The summed E-state index contributed by atoms with van der Waals surface area (Å²) in [5.41, 5.74) is 0. The van der Waals surface area contributed by atoms with E-state index in [1.54, 1.807) is 0 Å². The van der Waals surface area contributed by atoms with Gasteiger partial charge in [0.1, 0.15) is 0 Å². The maximum atomic E-state index is 3.62. The number of nitrogens with one attached hydrogen (secondary N) is 1. The Morgan fingerprint density at radius 3 is 2.12 bits per heavy atom. The van der Waals surface area contributed by atoms with Gasteiger partial charge in [0.15, 0.2) is 0 Å². The lowest BCUT2D eigenvalue weighted by Gasteiger charge is -2.36. The van der Waals surface area contributed by atoms with Gasteiger partial charge in [-0.15, -0.1) is 0 Å². The summed E-state index contributed by atoms with van der Waals surface area (Å²) in [5.74, 6) is 2.56. The van der Waals surface area contributed by atoms with Crippen molar-refractivity contribution in [3.8, 4) is 0 Å². The summed E-state index contributed by atoms with van der Waals surface area (Å²) < 4.78 is 0. The summed E-state index contributed by atoms with van der Waals surface area (Å²) in [6.07, 6.45) is 2.79. The van der Waals surface area contributed by atoms with Crippen LogP contribution in [0.25, 0.3) is 0 Å². The molecule has 1 aliphatic rings. The van der Waals surface area contributed by atoms with E-state index in [0.29, 0.717) is 6.04 Å². The molecule has 0 aromatic rings. The monoisotopic (exact) mass is 240 g/mol. The van der Waals surface area contributed by atoms with Gasteiger partial charge >= 0.3 is 0 Å². The van der Waals surface area contributed by atoms with Crippen LogP contribution in [0.15, 0.2) is 0 Å². The maximum absolute atomic E-state index is 3.62. The zero-order chi connectivity index (χ0) is 12.8. The summed E-state index contributed by atoms with van der Waals surface area (Å²) in [6.45, 7) is 16.5. The molecule has 1 aliphatic heterocycles. The van der Waals surface area contributed by atoms with Crippen LogP contribution in [0.1, 0.15) is 47.5 Å². The fraction of sp³-hybridized carbons (Fsp3) is 1.00. The Labute approximate surface area is 108 Å². The average Bonchev–Trinajstić information content (AvgIpc) is 2.29. The van der Waals surface area contributed by atoms with Crippen molar-refractivity contribution in [1.82, 2.24) is 10.2 Å². The van der Waals surface area contributed by atoms with Crippen molar-refractivity contribution >= 4 is 0 Å². The minimum atomic E-state index is 0.663. The van der Waals surface area contributed by atoms with Crippen LogP contribution < -0.4 is 5.32 Å². The number of nitrogens with zero attached hydrogens (tertiary/aromatic N) is 1. The second-order valence-corrected chi connectivity index (χ2v) is 6.29.